The summed E-state index contributed by atoms with van der Waals surface area (Å²) in [6, 6.07) is 14.7. The van der Waals surface area contributed by atoms with Crippen LogP contribution in [0.25, 0.3) is 0 Å². The van der Waals surface area contributed by atoms with Crippen molar-refractivity contribution in [3.05, 3.63) is 53.6 Å². The number of ether oxygens (including phenoxy) is 1. The number of amides is 1. The summed E-state index contributed by atoms with van der Waals surface area (Å²) < 4.78 is 5.74. The molecule has 0 bridgehead atoms. The second-order valence-corrected chi connectivity index (χ2v) is 6.29. The molecule has 2 aromatic carbocycles. The summed E-state index contributed by atoms with van der Waals surface area (Å²) >= 11 is 5.92. The van der Waals surface area contributed by atoms with Gasteiger partial charge in [-0.3, -0.25) is 4.79 Å². The quantitative estimate of drug-likeness (QED) is 0.561. The molecule has 1 amide bonds. The molecule has 0 fully saturated rings. The molecule has 134 valence electrons. The molecule has 0 saturated carbocycles. The number of carbonyl (C=O) groups excluding carboxylic acids is 1. The molecule has 2 aromatic rings. The fourth-order valence-electron chi connectivity index (χ4n) is 2.37. The van der Waals surface area contributed by atoms with E-state index in [1.165, 1.54) is 19.3 Å². The number of nitrogens with one attached hydrogen (secondary N) is 2. The van der Waals surface area contributed by atoms with Crippen LogP contribution in [0.2, 0.25) is 5.02 Å². The standard InChI is InChI=1S/C20H25ClN2O2/c1-2-3-4-5-12-25-19-11-7-10-18(14-19)23-20(24)15-22-17-9-6-8-16(21)13-17/h6-11,13-14,22H,2-5,12,15H2,1H3,(H,23,24). The van der Waals surface area contributed by atoms with E-state index in [0.29, 0.717) is 11.6 Å². The van der Waals surface area contributed by atoms with Gasteiger partial charge >= 0.3 is 0 Å². The number of halogens is 1. The lowest BCUT2D eigenvalue weighted by molar-refractivity contribution is -0.114. The van der Waals surface area contributed by atoms with Gasteiger partial charge in [0.2, 0.25) is 5.91 Å². The third-order valence-electron chi connectivity index (χ3n) is 3.66. The fourth-order valence-corrected chi connectivity index (χ4v) is 2.56. The number of hydrogen-bond acceptors (Lipinski definition) is 3. The minimum atomic E-state index is -0.125. The van der Waals surface area contributed by atoms with Crippen molar-refractivity contribution in [2.75, 3.05) is 23.8 Å². The molecule has 0 aliphatic carbocycles. The predicted molar refractivity (Wildman–Crippen MR) is 105 cm³/mol. The van der Waals surface area contributed by atoms with Crippen molar-refractivity contribution in [3.8, 4) is 5.75 Å². The Morgan fingerprint density at radius 1 is 1.04 bits per heavy atom. The van der Waals surface area contributed by atoms with Gasteiger partial charge in [0, 0.05) is 22.5 Å². The average molecular weight is 361 g/mol. The molecule has 0 atom stereocenters. The van der Waals surface area contributed by atoms with Crippen LogP contribution in [0, 0.1) is 0 Å². The average Bonchev–Trinajstić information content (AvgIpc) is 2.60. The number of carbonyl (C=O) groups is 1. The van der Waals surface area contributed by atoms with Crippen LogP contribution in [0.5, 0.6) is 5.75 Å². The van der Waals surface area contributed by atoms with Crippen LogP contribution in [-0.4, -0.2) is 19.1 Å². The van der Waals surface area contributed by atoms with Crippen LogP contribution in [0.3, 0.4) is 0 Å². The summed E-state index contributed by atoms with van der Waals surface area (Å²) in [6.45, 7) is 3.06. The first kappa shape index (κ1) is 19.1. The highest BCUT2D eigenvalue weighted by molar-refractivity contribution is 6.30. The van der Waals surface area contributed by atoms with Crippen molar-refractivity contribution in [3.63, 3.8) is 0 Å². The molecule has 0 saturated heterocycles. The summed E-state index contributed by atoms with van der Waals surface area (Å²) in [5, 5.41) is 6.54. The van der Waals surface area contributed by atoms with Crippen LogP contribution < -0.4 is 15.4 Å². The summed E-state index contributed by atoms with van der Waals surface area (Å²) in [5.41, 5.74) is 1.54. The van der Waals surface area contributed by atoms with Gasteiger partial charge < -0.3 is 15.4 Å². The van der Waals surface area contributed by atoms with Crippen molar-refractivity contribution in [2.45, 2.75) is 32.6 Å². The largest absolute Gasteiger partial charge is 0.494 e. The van der Waals surface area contributed by atoms with E-state index in [-0.39, 0.29) is 12.5 Å². The van der Waals surface area contributed by atoms with E-state index < -0.39 is 0 Å². The van der Waals surface area contributed by atoms with Gasteiger partial charge in [0.25, 0.3) is 0 Å². The fraction of sp³-hybridized carbons (Fsp3) is 0.350. The number of benzene rings is 2. The van der Waals surface area contributed by atoms with Gasteiger partial charge in [0.1, 0.15) is 5.75 Å². The van der Waals surface area contributed by atoms with E-state index in [1.54, 1.807) is 12.1 Å². The number of rotatable bonds is 10. The van der Waals surface area contributed by atoms with Gasteiger partial charge in [0.05, 0.1) is 13.2 Å². The lowest BCUT2D eigenvalue weighted by Gasteiger charge is -2.10. The smallest absolute Gasteiger partial charge is 0.243 e. The SMILES string of the molecule is CCCCCCOc1cccc(NC(=O)CNc2cccc(Cl)c2)c1. The molecule has 4 nitrogen and oxygen atoms in total. The lowest BCUT2D eigenvalue weighted by Crippen LogP contribution is -2.21. The molecular weight excluding hydrogens is 336 g/mol. The van der Waals surface area contributed by atoms with Gasteiger partial charge in [0.15, 0.2) is 0 Å². The molecule has 0 heterocycles. The molecular formula is C20H25ClN2O2. The Morgan fingerprint density at radius 2 is 1.84 bits per heavy atom. The molecule has 2 N–H and O–H groups in total. The first-order valence-corrected chi connectivity index (χ1v) is 9.07. The Morgan fingerprint density at radius 3 is 2.64 bits per heavy atom. The molecule has 25 heavy (non-hydrogen) atoms. The van der Waals surface area contributed by atoms with Crippen LogP contribution in [0.1, 0.15) is 32.6 Å². The summed E-state index contributed by atoms with van der Waals surface area (Å²) in [6.07, 6.45) is 4.68. The lowest BCUT2D eigenvalue weighted by atomic mass is 10.2. The number of unbranched alkanes of at least 4 members (excludes halogenated alkanes) is 3. The second-order valence-electron chi connectivity index (χ2n) is 5.85. The van der Waals surface area contributed by atoms with E-state index in [4.69, 9.17) is 16.3 Å². The zero-order chi connectivity index (χ0) is 17.9. The van der Waals surface area contributed by atoms with Gasteiger partial charge in [-0.1, -0.05) is 49.9 Å². The van der Waals surface area contributed by atoms with E-state index in [9.17, 15) is 4.79 Å². The van der Waals surface area contributed by atoms with Crippen molar-refractivity contribution in [1.82, 2.24) is 0 Å². The maximum atomic E-state index is 12.1. The molecule has 0 radical (unpaired) electrons. The van der Waals surface area contributed by atoms with Crippen LogP contribution in [0.15, 0.2) is 48.5 Å². The predicted octanol–water partition coefficient (Wildman–Crippen LogP) is 5.35. The Hall–Kier alpha value is -2.20. The van der Waals surface area contributed by atoms with Gasteiger partial charge in [-0.05, 0) is 36.8 Å². The highest BCUT2D eigenvalue weighted by Gasteiger charge is 2.04. The maximum Gasteiger partial charge on any atom is 0.243 e. The molecule has 5 heteroatoms. The van der Waals surface area contributed by atoms with Gasteiger partial charge in [-0.25, -0.2) is 0 Å². The van der Waals surface area contributed by atoms with E-state index in [2.05, 4.69) is 17.6 Å². The van der Waals surface area contributed by atoms with Crippen LogP contribution in [-0.2, 0) is 4.79 Å². The number of anilines is 2. The molecule has 0 spiro atoms. The summed E-state index contributed by atoms with van der Waals surface area (Å²) in [4.78, 5) is 12.1. The molecule has 0 aliphatic rings. The normalized spacial score (nSPS) is 10.3. The van der Waals surface area contributed by atoms with Crippen LogP contribution in [0.4, 0.5) is 11.4 Å². The Labute approximate surface area is 154 Å². The maximum absolute atomic E-state index is 12.1. The van der Waals surface area contributed by atoms with E-state index in [0.717, 1.165) is 23.5 Å². The topological polar surface area (TPSA) is 50.4 Å². The Bertz CT molecular complexity index is 676. The van der Waals surface area contributed by atoms with E-state index >= 15 is 0 Å². The number of hydrogen-bond donors (Lipinski definition) is 2. The van der Waals surface area contributed by atoms with Crippen molar-refractivity contribution in [2.24, 2.45) is 0 Å². The second kappa shape index (κ2) is 10.6. The van der Waals surface area contributed by atoms with Gasteiger partial charge in [-0.2, -0.15) is 0 Å². The van der Waals surface area contributed by atoms with Gasteiger partial charge in [-0.15, -0.1) is 0 Å². The highest BCUT2D eigenvalue weighted by atomic mass is 35.5. The van der Waals surface area contributed by atoms with Crippen molar-refractivity contribution in [1.29, 1.82) is 0 Å². The zero-order valence-electron chi connectivity index (χ0n) is 14.6. The third-order valence-corrected chi connectivity index (χ3v) is 3.90. The Balaban J connectivity index is 1.77. The van der Waals surface area contributed by atoms with E-state index in [1.807, 2.05) is 36.4 Å². The zero-order valence-corrected chi connectivity index (χ0v) is 15.3. The van der Waals surface area contributed by atoms with Crippen molar-refractivity contribution < 1.29 is 9.53 Å². The summed E-state index contributed by atoms with van der Waals surface area (Å²) in [7, 11) is 0. The monoisotopic (exact) mass is 360 g/mol. The first-order valence-electron chi connectivity index (χ1n) is 8.69. The minimum Gasteiger partial charge on any atom is -0.494 e. The minimum absolute atomic E-state index is 0.125. The summed E-state index contributed by atoms with van der Waals surface area (Å²) in [5.74, 6) is 0.650. The Kier molecular flexibility index (Phi) is 8.13. The van der Waals surface area contributed by atoms with Crippen LogP contribution >= 0.6 is 11.6 Å². The molecule has 0 aliphatic heterocycles. The highest BCUT2D eigenvalue weighted by Crippen LogP contribution is 2.18. The molecule has 0 aromatic heterocycles. The molecule has 2 rings (SSSR count). The molecule has 0 unspecified atom stereocenters. The third kappa shape index (κ3) is 7.48. The van der Waals surface area contributed by atoms with Crippen molar-refractivity contribution >= 4 is 28.9 Å². The first-order chi connectivity index (χ1) is 12.2.